The lowest BCUT2D eigenvalue weighted by Gasteiger charge is -2.20. The van der Waals surface area contributed by atoms with Crippen molar-refractivity contribution in [1.29, 1.82) is 0 Å². The first-order chi connectivity index (χ1) is 6.90. The number of halogens is 1. The fourth-order valence-corrected chi connectivity index (χ4v) is 1.06. The van der Waals surface area contributed by atoms with Gasteiger partial charge in [0, 0.05) is 5.54 Å². The van der Waals surface area contributed by atoms with E-state index in [-0.39, 0.29) is 10.8 Å². The second kappa shape index (κ2) is 4.44. The van der Waals surface area contributed by atoms with Gasteiger partial charge in [-0.15, -0.1) is 0 Å². The minimum atomic E-state index is -0.129. The zero-order valence-corrected chi connectivity index (χ0v) is 9.76. The van der Waals surface area contributed by atoms with Gasteiger partial charge in [0.05, 0.1) is 0 Å². The Morgan fingerprint density at radius 1 is 1.20 bits per heavy atom. The molecule has 0 aliphatic rings. The van der Waals surface area contributed by atoms with Gasteiger partial charge in [0.25, 0.3) is 0 Å². The summed E-state index contributed by atoms with van der Waals surface area (Å²) < 4.78 is 0. The van der Waals surface area contributed by atoms with Crippen LogP contribution in [0.15, 0.2) is 12.8 Å². The molecule has 1 aromatic rings. The first-order valence-electron chi connectivity index (χ1n) is 4.48. The van der Waals surface area contributed by atoms with Crippen LogP contribution >= 0.6 is 11.6 Å². The lowest BCUT2D eigenvalue weighted by Crippen LogP contribution is -2.27. The molecule has 1 heterocycles. The number of hydrogen-bond acceptors (Lipinski definition) is 5. The van der Waals surface area contributed by atoms with Crippen molar-refractivity contribution in [3.8, 4) is 0 Å². The zero-order chi connectivity index (χ0) is 11.5. The second-order valence-corrected chi connectivity index (χ2v) is 4.31. The molecule has 0 fully saturated rings. The second-order valence-electron chi connectivity index (χ2n) is 3.98. The van der Waals surface area contributed by atoms with Crippen molar-refractivity contribution in [2.45, 2.75) is 26.3 Å². The van der Waals surface area contributed by atoms with Crippen LogP contribution in [0.1, 0.15) is 20.8 Å². The number of anilines is 2. The zero-order valence-electron chi connectivity index (χ0n) is 9.00. The predicted octanol–water partition coefficient (Wildman–Crippen LogP) is 2.29. The van der Waals surface area contributed by atoms with Gasteiger partial charge in [-0.1, -0.05) is 6.58 Å². The smallest absolute Gasteiger partial charge is 0.232 e. The van der Waals surface area contributed by atoms with E-state index in [2.05, 4.69) is 32.2 Å². The minimum Gasteiger partial charge on any atom is -0.349 e. The Morgan fingerprint density at radius 2 is 1.80 bits per heavy atom. The Morgan fingerprint density at radius 3 is 2.33 bits per heavy atom. The minimum absolute atomic E-state index is 0.129. The highest BCUT2D eigenvalue weighted by Crippen LogP contribution is 2.13. The Hall–Kier alpha value is -1.36. The molecule has 0 aromatic carbocycles. The summed E-state index contributed by atoms with van der Waals surface area (Å²) >= 11 is 5.74. The highest BCUT2D eigenvalue weighted by molar-refractivity contribution is 6.28. The summed E-state index contributed by atoms with van der Waals surface area (Å²) in [6.07, 6.45) is 1.48. The van der Waals surface area contributed by atoms with Crippen LogP contribution in [0.5, 0.6) is 0 Å². The Labute approximate surface area is 94.0 Å². The van der Waals surface area contributed by atoms with Gasteiger partial charge in [0.2, 0.25) is 17.2 Å². The summed E-state index contributed by atoms with van der Waals surface area (Å²) in [4.78, 5) is 11.9. The molecule has 0 aliphatic carbocycles. The number of nitrogens with one attached hydrogen (secondary N) is 2. The Kier molecular flexibility index (Phi) is 3.47. The van der Waals surface area contributed by atoms with Crippen LogP contribution in [0.25, 0.3) is 0 Å². The van der Waals surface area contributed by atoms with Crippen LogP contribution in [-0.2, 0) is 0 Å². The van der Waals surface area contributed by atoms with Gasteiger partial charge >= 0.3 is 0 Å². The molecule has 1 rings (SSSR count). The Bertz CT molecular complexity index is 358. The van der Waals surface area contributed by atoms with Crippen LogP contribution in [0.3, 0.4) is 0 Å². The molecule has 15 heavy (non-hydrogen) atoms. The molecule has 0 radical (unpaired) electrons. The first kappa shape index (κ1) is 11.7. The lowest BCUT2D eigenvalue weighted by atomic mass is 10.1. The summed E-state index contributed by atoms with van der Waals surface area (Å²) in [6.45, 7) is 9.53. The number of nitrogens with zero attached hydrogens (tertiary/aromatic N) is 3. The van der Waals surface area contributed by atoms with E-state index in [1.54, 1.807) is 0 Å². The van der Waals surface area contributed by atoms with Crippen LogP contribution in [-0.4, -0.2) is 20.5 Å². The molecule has 0 amide bonds. The molecule has 0 saturated heterocycles. The van der Waals surface area contributed by atoms with E-state index in [1.165, 1.54) is 6.20 Å². The summed E-state index contributed by atoms with van der Waals surface area (Å²) in [6, 6.07) is 0. The summed E-state index contributed by atoms with van der Waals surface area (Å²) in [5.41, 5.74) is -0.129. The standard InChI is InChI=1S/C9H14ClN5/c1-5-11-7-12-6(10)13-8(14-7)15-9(2,3)4/h5H,1H2,2-4H3,(H2,11,12,13,14,15). The molecular formula is C9H14ClN5. The fraction of sp³-hybridized carbons (Fsp3) is 0.444. The van der Waals surface area contributed by atoms with Gasteiger partial charge in [-0.05, 0) is 38.6 Å². The molecule has 1 aromatic heterocycles. The van der Waals surface area contributed by atoms with Crippen molar-refractivity contribution >= 4 is 23.5 Å². The fourth-order valence-electron chi connectivity index (χ4n) is 0.897. The van der Waals surface area contributed by atoms with E-state index < -0.39 is 0 Å². The quantitative estimate of drug-likeness (QED) is 0.830. The molecule has 6 heteroatoms. The largest absolute Gasteiger partial charge is 0.349 e. The summed E-state index contributed by atoms with van der Waals surface area (Å²) in [5.74, 6) is 0.809. The normalized spacial score (nSPS) is 10.9. The molecule has 0 spiro atoms. The van der Waals surface area contributed by atoms with Crippen molar-refractivity contribution in [2.24, 2.45) is 0 Å². The molecule has 2 N–H and O–H groups in total. The highest BCUT2D eigenvalue weighted by atomic mass is 35.5. The molecule has 82 valence electrons. The lowest BCUT2D eigenvalue weighted by molar-refractivity contribution is 0.625. The van der Waals surface area contributed by atoms with Crippen LogP contribution in [0, 0.1) is 0 Å². The first-order valence-corrected chi connectivity index (χ1v) is 4.86. The van der Waals surface area contributed by atoms with Gasteiger partial charge < -0.3 is 10.6 Å². The molecule has 5 nitrogen and oxygen atoms in total. The predicted molar refractivity (Wildman–Crippen MR) is 62.0 cm³/mol. The third-order valence-corrected chi connectivity index (χ3v) is 1.50. The van der Waals surface area contributed by atoms with Crippen molar-refractivity contribution in [2.75, 3.05) is 10.6 Å². The highest BCUT2D eigenvalue weighted by Gasteiger charge is 2.12. The van der Waals surface area contributed by atoms with Crippen LogP contribution in [0.4, 0.5) is 11.9 Å². The third-order valence-electron chi connectivity index (χ3n) is 1.33. The SMILES string of the molecule is C=CNc1nc(Cl)nc(NC(C)(C)C)n1. The summed E-state index contributed by atoms with van der Waals surface area (Å²) in [5, 5.41) is 5.99. The van der Waals surface area contributed by atoms with Crippen molar-refractivity contribution < 1.29 is 0 Å². The van der Waals surface area contributed by atoms with Gasteiger partial charge in [-0.2, -0.15) is 15.0 Å². The average Bonchev–Trinajstić information content (AvgIpc) is 1.99. The van der Waals surface area contributed by atoms with Crippen molar-refractivity contribution in [1.82, 2.24) is 15.0 Å². The number of hydrogen-bond donors (Lipinski definition) is 2. The molecule has 0 unspecified atom stereocenters. The van der Waals surface area contributed by atoms with Crippen molar-refractivity contribution in [3.05, 3.63) is 18.1 Å². The van der Waals surface area contributed by atoms with E-state index in [1.807, 2.05) is 20.8 Å². The van der Waals surface area contributed by atoms with E-state index in [0.29, 0.717) is 11.9 Å². The van der Waals surface area contributed by atoms with Crippen LogP contribution < -0.4 is 10.6 Å². The van der Waals surface area contributed by atoms with E-state index in [9.17, 15) is 0 Å². The maximum absolute atomic E-state index is 5.74. The molecule has 0 atom stereocenters. The van der Waals surface area contributed by atoms with Crippen LogP contribution in [0.2, 0.25) is 5.28 Å². The summed E-state index contributed by atoms with van der Waals surface area (Å²) in [7, 11) is 0. The maximum Gasteiger partial charge on any atom is 0.232 e. The third kappa shape index (κ3) is 4.12. The number of rotatable bonds is 3. The van der Waals surface area contributed by atoms with Crippen molar-refractivity contribution in [3.63, 3.8) is 0 Å². The van der Waals surface area contributed by atoms with E-state index >= 15 is 0 Å². The number of aromatic nitrogens is 3. The topological polar surface area (TPSA) is 62.7 Å². The van der Waals surface area contributed by atoms with E-state index in [0.717, 1.165) is 0 Å². The van der Waals surface area contributed by atoms with E-state index in [4.69, 9.17) is 11.6 Å². The Balaban J connectivity index is 2.93. The molecule has 0 bridgehead atoms. The maximum atomic E-state index is 5.74. The average molecular weight is 228 g/mol. The van der Waals surface area contributed by atoms with Gasteiger partial charge in [-0.25, -0.2) is 0 Å². The molecular weight excluding hydrogens is 214 g/mol. The molecule has 0 saturated carbocycles. The van der Waals surface area contributed by atoms with Gasteiger partial charge in [0.15, 0.2) is 0 Å². The monoisotopic (exact) mass is 227 g/mol. The van der Waals surface area contributed by atoms with Gasteiger partial charge in [0.1, 0.15) is 0 Å². The van der Waals surface area contributed by atoms with Gasteiger partial charge in [-0.3, -0.25) is 0 Å². The molecule has 0 aliphatic heterocycles.